The molecule has 112 valence electrons. The summed E-state index contributed by atoms with van der Waals surface area (Å²) in [5.74, 6) is 2.28. The Labute approximate surface area is 127 Å². The minimum absolute atomic E-state index is 0.0733. The number of aromatic nitrogens is 4. The number of rotatable bonds is 4. The highest BCUT2D eigenvalue weighted by Crippen LogP contribution is 2.39. The summed E-state index contributed by atoms with van der Waals surface area (Å²) in [6, 6.07) is 9.68. The lowest BCUT2D eigenvalue weighted by molar-refractivity contribution is 0.798. The largest absolute Gasteiger partial charge is 0.350 e. The van der Waals surface area contributed by atoms with Crippen molar-refractivity contribution in [2.24, 2.45) is 7.05 Å². The Hall–Kier alpha value is -2.63. The van der Waals surface area contributed by atoms with Crippen LogP contribution in [0, 0.1) is 0 Å². The Kier molecular flexibility index (Phi) is 2.96. The van der Waals surface area contributed by atoms with Crippen molar-refractivity contribution in [2.75, 3.05) is 5.32 Å². The van der Waals surface area contributed by atoms with Crippen LogP contribution in [0.5, 0.6) is 0 Å². The Morgan fingerprint density at radius 3 is 2.95 bits per heavy atom. The Bertz CT molecular complexity index is 891. The average molecular weight is 295 g/mol. The Morgan fingerprint density at radius 1 is 1.32 bits per heavy atom. The third-order valence-electron chi connectivity index (χ3n) is 4.12. The maximum atomic E-state index is 12.1. The summed E-state index contributed by atoms with van der Waals surface area (Å²) in [6.45, 7) is 0.427. The van der Waals surface area contributed by atoms with Gasteiger partial charge in [0.1, 0.15) is 5.82 Å². The second kappa shape index (κ2) is 4.98. The van der Waals surface area contributed by atoms with Gasteiger partial charge in [-0.1, -0.05) is 18.2 Å². The fourth-order valence-corrected chi connectivity index (χ4v) is 2.69. The Morgan fingerprint density at radius 2 is 2.14 bits per heavy atom. The maximum Gasteiger partial charge on any atom is 0.253 e. The summed E-state index contributed by atoms with van der Waals surface area (Å²) < 4.78 is 1.98. The summed E-state index contributed by atoms with van der Waals surface area (Å²) in [5.41, 5.74) is 1.47. The highest BCUT2D eigenvalue weighted by Gasteiger charge is 2.29. The molecule has 0 radical (unpaired) electrons. The molecule has 1 saturated carbocycles. The molecule has 0 bridgehead atoms. The minimum atomic E-state index is -0.0733. The number of H-pyrrole nitrogens is 1. The fourth-order valence-electron chi connectivity index (χ4n) is 2.69. The first-order valence-corrected chi connectivity index (χ1v) is 7.46. The molecule has 2 heterocycles. The number of hydrogen-bond donors (Lipinski definition) is 2. The number of para-hydroxylation sites is 1. The van der Waals surface area contributed by atoms with Gasteiger partial charge in [0.05, 0.1) is 0 Å². The van der Waals surface area contributed by atoms with E-state index in [1.165, 1.54) is 12.8 Å². The van der Waals surface area contributed by atoms with Gasteiger partial charge in [-0.05, 0) is 30.4 Å². The van der Waals surface area contributed by atoms with Crippen molar-refractivity contribution >= 4 is 16.9 Å². The molecule has 1 fully saturated rings. The standard InChI is InChI=1S/C16H17N5O/c1-21-14(10-6-7-10)19-20-16(21)17-9-12-8-11-4-2-3-5-13(11)18-15(12)22/h2-5,8,10H,6-7,9H2,1H3,(H,17,20)(H,18,22). The third-order valence-corrected chi connectivity index (χ3v) is 4.12. The molecule has 2 aromatic heterocycles. The van der Waals surface area contributed by atoms with Crippen molar-refractivity contribution in [3.05, 3.63) is 52.1 Å². The van der Waals surface area contributed by atoms with Crippen LogP contribution in [-0.2, 0) is 13.6 Å². The maximum absolute atomic E-state index is 12.1. The highest BCUT2D eigenvalue weighted by atomic mass is 16.1. The van der Waals surface area contributed by atoms with E-state index < -0.39 is 0 Å². The van der Waals surface area contributed by atoms with Crippen molar-refractivity contribution < 1.29 is 0 Å². The van der Waals surface area contributed by atoms with Gasteiger partial charge < -0.3 is 14.9 Å². The van der Waals surface area contributed by atoms with Crippen LogP contribution < -0.4 is 10.9 Å². The molecular weight excluding hydrogens is 278 g/mol. The lowest BCUT2D eigenvalue weighted by Crippen LogP contribution is -2.16. The molecule has 3 aromatic rings. The van der Waals surface area contributed by atoms with Crippen LogP contribution in [0.25, 0.3) is 10.9 Å². The summed E-state index contributed by atoms with van der Waals surface area (Å²) in [6.07, 6.45) is 2.38. The van der Waals surface area contributed by atoms with Gasteiger partial charge in [-0.15, -0.1) is 10.2 Å². The molecule has 6 heteroatoms. The van der Waals surface area contributed by atoms with Gasteiger partial charge in [0.15, 0.2) is 0 Å². The summed E-state index contributed by atoms with van der Waals surface area (Å²) in [5, 5.41) is 12.6. The fraction of sp³-hybridized carbons (Fsp3) is 0.312. The van der Waals surface area contributed by atoms with Crippen molar-refractivity contribution in [3.8, 4) is 0 Å². The van der Waals surface area contributed by atoms with Gasteiger partial charge in [-0.25, -0.2) is 0 Å². The zero-order valence-corrected chi connectivity index (χ0v) is 12.3. The first kappa shape index (κ1) is 13.1. The predicted molar refractivity (Wildman–Crippen MR) is 84.9 cm³/mol. The van der Waals surface area contributed by atoms with E-state index in [1.54, 1.807) is 0 Å². The molecule has 0 spiro atoms. The van der Waals surface area contributed by atoms with Gasteiger partial charge in [0, 0.05) is 30.6 Å². The average Bonchev–Trinajstić information content (AvgIpc) is 3.29. The van der Waals surface area contributed by atoms with Gasteiger partial charge in [0.2, 0.25) is 5.95 Å². The molecule has 1 aromatic carbocycles. The second-order valence-electron chi connectivity index (χ2n) is 5.78. The van der Waals surface area contributed by atoms with Crippen LogP contribution in [0.3, 0.4) is 0 Å². The van der Waals surface area contributed by atoms with E-state index >= 15 is 0 Å². The number of fused-ring (bicyclic) bond motifs is 1. The molecule has 22 heavy (non-hydrogen) atoms. The number of pyridine rings is 1. The van der Waals surface area contributed by atoms with E-state index in [1.807, 2.05) is 41.9 Å². The van der Waals surface area contributed by atoms with Crippen molar-refractivity contribution in [3.63, 3.8) is 0 Å². The number of nitrogens with one attached hydrogen (secondary N) is 2. The molecular formula is C16H17N5O. The SMILES string of the molecule is Cn1c(NCc2cc3ccccc3[nH]c2=O)nnc1C1CC1. The third kappa shape index (κ3) is 2.26. The van der Waals surface area contributed by atoms with Crippen LogP contribution in [0.15, 0.2) is 35.1 Å². The zero-order valence-electron chi connectivity index (χ0n) is 12.3. The van der Waals surface area contributed by atoms with Crippen molar-refractivity contribution in [2.45, 2.75) is 25.3 Å². The number of hydrogen-bond acceptors (Lipinski definition) is 4. The van der Waals surface area contributed by atoms with Gasteiger partial charge >= 0.3 is 0 Å². The van der Waals surface area contributed by atoms with Crippen LogP contribution in [0.4, 0.5) is 5.95 Å². The summed E-state index contributed by atoms with van der Waals surface area (Å²) in [7, 11) is 1.96. The lowest BCUT2D eigenvalue weighted by Gasteiger charge is -2.07. The molecule has 0 atom stereocenters. The van der Waals surface area contributed by atoms with Gasteiger partial charge in [0.25, 0.3) is 5.56 Å². The van der Waals surface area contributed by atoms with E-state index in [-0.39, 0.29) is 5.56 Å². The topological polar surface area (TPSA) is 75.6 Å². The van der Waals surface area contributed by atoms with Crippen LogP contribution in [0.1, 0.15) is 30.1 Å². The Balaban J connectivity index is 1.58. The molecule has 0 aliphatic heterocycles. The van der Waals surface area contributed by atoms with Gasteiger partial charge in [-0.3, -0.25) is 4.79 Å². The molecule has 6 nitrogen and oxygen atoms in total. The number of anilines is 1. The quantitative estimate of drug-likeness (QED) is 0.773. The number of benzene rings is 1. The molecule has 1 aliphatic carbocycles. The smallest absolute Gasteiger partial charge is 0.253 e. The number of aromatic amines is 1. The molecule has 0 amide bonds. The van der Waals surface area contributed by atoms with Crippen molar-refractivity contribution in [1.29, 1.82) is 0 Å². The van der Waals surface area contributed by atoms with Crippen LogP contribution in [0.2, 0.25) is 0 Å². The minimum Gasteiger partial charge on any atom is -0.350 e. The van der Waals surface area contributed by atoms with E-state index in [2.05, 4.69) is 20.5 Å². The van der Waals surface area contributed by atoms with Crippen LogP contribution in [-0.4, -0.2) is 19.7 Å². The summed E-state index contributed by atoms with van der Waals surface area (Å²) >= 11 is 0. The van der Waals surface area contributed by atoms with E-state index in [0.717, 1.165) is 16.7 Å². The second-order valence-corrected chi connectivity index (χ2v) is 5.78. The normalized spacial score (nSPS) is 14.4. The lowest BCUT2D eigenvalue weighted by atomic mass is 10.1. The van der Waals surface area contributed by atoms with E-state index in [4.69, 9.17) is 0 Å². The van der Waals surface area contributed by atoms with E-state index in [9.17, 15) is 4.79 Å². The van der Waals surface area contributed by atoms with Crippen LogP contribution >= 0.6 is 0 Å². The molecule has 0 unspecified atom stereocenters. The highest BCUT2D eigenvalue weighted by molar-refractivity contribution is 5.78. The molecule has 1 aliphatic rings. The monoisotopic (exact) mass is 295 g/mol. The first-order valence-electron chi connectivity index (χ1n) is 7.46. The molecule has 0 saturated heterocycles. The first-order chi connectivity index (χ1) is 10.7. The summed E-state index contributed by atoms with van der Waals surface area (Å²) in [4.78, 5) is 15.0. The van der Waals surface area contributed by atoms with E-state index in [0.29, 0.717) is 24.0 Å². The molecule has 2 N–H and O–H groups in total. The van der Waals surface area contributed by atoms with Crippen molar-refractivity contribution in [1.82, 2.24) is 19.7 Å². The predicted octanol–water partition coefficient (Wildman–Crippen LogP) is 2.15. The zero-order chi connectivity index (χ0) is 15.1. The van der Waals surface area contributed by atoms with Gasteiger partial charge in [-0.2, -0.15) is 0 Å². The molecule has 4 rings (SSSR count). The number of nitrogens with zero attached hydrogens (tertiary/aromatic N) is 3.